The van der Waals surface area contributed by atoms with E-state index in [0.717, 1.165) is 67.8 Å². The van der Waals surface area contributed by atoms with Crippen molar-refractivity contribution in [3.8, 4) is 11.4 Å². The summed E-state index contributed by atoms with van der Waals surface area (Å²) in [5.74, 6) is 0.735. The summed E-state index contributed by atoms with van der Waals surface area (Å²) in [4.78, 5) is 20.5. The van der Waals surface area contributed by atoms with Crippen molar-refractivity contribution in [2.45, 2.75) is 44.2 Å². The minimum absolute atomic E-state index is 0.0953. The number of pyridine rings is 1. The number of hydrogen-bond acceptors (Lipinski definition) is 4. The first-order valence-electron chi connectivity index (χ1n) is 10.0. The lowest BCUT2D eigenvalue weighted by Gasteiger charge is -2.43. The van der Waals surface area contributed by atoms with Crippen LogP contribution in [0.4, 0.5) is 0 Å². The summed E-state index contributed by atoms with van der Waals surface area (Å²) in [5, 5.41) is 1.03. The monoisotopic (exact) mass is 379 g/mol. The highest BCUT2D eigenvalue weighted by atomic mass is 16.5. The number of para-hydroxylation sites is 1. The second-order valence-electron chi connectivity index (χ2n) is 8.00. The molecular weight excluding hydrogens is 354 g/mol. The van der Waals surface area contributed by atoms with Crippen molar-refractivity contribution < 1.29 is 9.47 Å². The maximum Gasteiger partial charge on any atom is 0.259 e. The molecule has 1 unspecified atom stereocenters. The van der Waals surface area contributed by atoms with E-state index in [1.54, 1.807) is 6.20 Å². The summed E-state index contributed by atoms with van der Waals surface area (Å²) in [5.41, 5.74) is 2.38. The Hall–Kier alpha value is -2.44. The Labute approximate surface area is 163 Å². The molecule has 1 spiro atoms. The standard InChI is InChI=1S/C22H25N3O3/c1-15-3-2-4-16-13-18(21(26)24-19(15)16)20-23-8-9-25(20)17-5-10-28-22(14-17)6-11-27-12-7-22/h2-4,8-9,13,17H,5-7,10-12,14H2,1H3,(H,24,26). The third-order valence-corrected chi connectivity index (χ3v) is 6.26. The van der Waals surface area contributed by atoms with Crippen LogP contribution < -0.4 is 5.56 Å². The fraction of sp³-hybridized carbons (Fsp3) is 0.455. The molecule has 0 radical (unpaired) electrons. The molecule has 4 heterocycles. The predicted molar refractivity (Wildman–Crippen MR) is 108 cm³/mol. The molecule has 0 bridgehead atoms. The molecule has 0 saturated carbocycles. The van der Waals surface area contributed by atoms with Gasteiger partial charge in [0.15, 0.2) is 0 Å². The van der Waals surface area contributed by atoms with E-state index in [2.05, 4.69) is 14.5 Å². The van der Waals surface area contributed by atoms with E-state index < -0.39 is 0 Å². The van der Waals surface area contributed by atoms with Crippen molar-refractivity contribution >= 4 is 10.9 Å². The third kappa shape index (κ3) is 2.97. The van der Waals surface area contributed by atoms with Gasteiger partial charge >= 0.3 is 0 Å². The van der Waals surface area contributed by atoms with Crippen LogP contribution in [-0.4, -0.2) is 40.0 Å². The molecule has 6 nitrogen and oxygen atoms in total. The summed E-state index contributed by atoms with van der Waals surface area (Å²) in [6.07, 6.45) is 7.52. The van der Waals surface area contributed by atoms with E-state index in [1.165, 1.54) is 0 Å². The van der Waals surface area contributed by atoms with E-state index in [1.807, 2.05) is 37.4 Å². The van der Waals surface area contributed by atoms with E-state index in [-0.39, 0.29) is 17.2 Å². The number of nitrogens with zero attached hydrogens (tertiary/aromatic N) is 2. The fourth-order valence-corrected chi connectivity index (χ4v) is 4.70. The van der Waals surface area contributed by atoms with Crippen molar-refractivity contribution in [2.24, 2.45) is 0 Å². The Kier molecular flexibility index (Phi) is 4.33. The molecule has 2 aliphatic rings. The van der Waals surface area contributed by atoms with Crippen molar-refractivity contribution in [3.05, 3.63) is 52.6 Å². The van der Waals surface area contributed by atoms with Crippen molar-refractivity contribution in [3.63, 3.8) is 0 Å². The summed E-state index contributed by atoms with van der Waals surface area (Å²) < 4.78 is 13.9. The summed E-state index contributed by atoms with van der Waals surface area (Å²) in [6, 6.07) is 8.29. The van der Waals surface area contributed by atoms with Crippen LogP contribution in [0.15, 0.2) is 41.5 Å². The molecule has 0 aliphatic carbocycles. The molecule has 0 amide bonds. The number of fused-ring (bicyclic) bond motifs is 1. The van der Waals surface area contributed by atoms with Gasteiger partial charge < -0.3 is 19.0 Å². The van der Waals surface area contributed by atoms with Crippen LogP contribution in [0.5, 0.6) is 0 Å². The lowest BCUT2D eigenvalue weighted by Crippen LogP contribution is -2.44. The smallest absolute Gasteiger partial charge is 0.259 e. The van der Waals surface area contributed by atoms with Gasteiger partial charge in [0.2, 0.25) is 0 Å². The van der Waals surface area contributed by atoms with Crippen LogP contribution in [-0.2, 0) is 9.47 Å². The van der Waals surface area contributed by atoms with E-state index in [9.17, 15) is 4.79 Å². The van der Waals surface area contributed by atoms with E-state index in [4.69, 9.17) is 9.47 Å². The Morgan fingerprint density at radius 1 is 1.25 bits per heavy atom. The van der Waals surface area contributed by atoms with Crippen molar-refractivity contribution in [1.82, 2.24) is 14.5 Å². The number of H-pyrrole nitrogens is 1. The maximum atomic E-state index is 12.9. The lowest BCUT2D eigenvalue weighted by molar-refractivity contribution is -0.144. The number of rotatable bonds is 2. The number of hydrogen-bond donors (Lipinski definition) is 1. The molecule has 2 aromatic heterocycles. The second kappa shape index (κ2) is 6.87. The van der Waals surface area contributed by atoms with Crippen LogP contribution >= 0.6 is 0 Å². The molecule has 2 aliphatic heterocycles. The van der Waals surface area contributed by atoms with Gasteiger partial charge in [-0.1, -0.05) is 18.2 Å². The van der Waals surface area contributed by atoms with Crippen LogP contribution in [0, 0.1) is 6.92 Å². The Morgan fingerprint density at radius 3 is 2.96 bits per heavy atom. The zero-order valence-corrected chi connectivity index (χ0v) is 16.1. The molecule has 2 saturated heterocycles. The van der Waals surface area contributed by atoms with Crippen LogP contribution in [0.2, 0.25) is 0 Å². The van der Waals surface area contributed by atoms with Gasteiger partial charge in [-0.05, 0) is 49.6 Å². The normalized spacial score (nSPS) is 22.0. The molecule has 2 fully saturated rings. The highest BCUT2D eigenvalue weighted by Gasteiger charge is 2.40. The largest absolute Gasteiger partial charge is 0.381 e. The number of nitrogens with one attached hydrogen (secondary N) is 1. The molecular formula is C22H25N3O3. The number of aromatic amines is 1. The zero-order valence-electron chi connectivity index (χ0n) is 16.1. The highest BCUT2D eigenvalue weighted by Crippen LogP contribution is 2.40. The van der Waals surface area contributed by atoms with Gasteiger partial charge in [0.05, 0.1) is 16.7 Å². The fourth-order valence-electron chi connectivity index (χ4n) is 4.70. The molecule has 1 atom stereocenters. The molecule has 3 aromatic rings. The topological polar surface area (TPSA) is 69.1 Å². The first-order chi connectivity index (χ1) is 13.7. The van der Waals surface area contributed by atoms with Crippen LogP contribution in [0.25, 0.3) is 22.3 Å². The summed E-state index contributed by atoms with van der Waals surface area (Å²) in [7, 11) is 0. The summed E-state index contributed by atoms with van der Waals surface area (Å²) >= 11 is 0. The predicted octanol–water partition coefficient (Wildman–Crippen LogP) is 3.60. The van der Waals surface area contributed by atoms with Gasteiger partial charge in [0.1, 0.15) is 5.82 Å². The Balaban J connectivity index is 1.54. The third-order valence-electron chi connectivity index (χ3n) is 6.26. The first kappa shape index (κ1) is 17.6. The lowest BCUT2D eigenvalue weighted by atomic mass is 9.84. The number of aromatic nitrogens is 3. The quantitative estimate of drug-likeness (QED) is 0.739. The molecule has 1 aromatic carbocycles. The summed E-state index contributed by atoms with van der Waals surface area (Å²) in [6.45, 7) is 4.25. The highest BCUT2D eigenvalue weighted by molar-refractivity contribution is 5.84. The molecule has 1 N–H and O–H groups in total. The van der Waals surface area contributed by atoms with Gasteiger partial charge in [-0.15, -0.1) is 0 Å². The minimum atomic E-state index is -0.102. The van der Waals surface area contributed by atoms with E-state index >= 15 is 0 Å². The van der Waals surface area contributed by atoms with Crippen LogP contribution in [0.3, 0.4) is 0 Å². The number of aryl methyl sites for hydroxylation is 1. The molecule has 28 heavy (non-hydrogen) atoms. The molecule has 6 heteroatoms. The van der Waals surface area contributed by atoms with Gasteiger partial charge in [0, 0.05) is 38.3 Å². The minimum Gasteiger partial charge on any atom is -0.381 e. The second-order valence-corrected chi connectivity index (χ2v) is 8.00. The van der Waals surface area contributed by atoms with Crippen molar-refractivity contribution in [1.29, 1.82) is 0 Å². The van der Waals surface area contributed by atoms with Gasteiger partial charge in [-0.25, -0.2) is 4.98 Å². The Bertz CT molecular complexity index is 1060. The van der Waals surface area contributed by atoms with Gasteiger partial charge in [-0.3, -0.25) is 4.79 Å². The van der Waals surface area contributed by atoms with E-state index in [0.29, 0.717) is 5.56 Å². The zero-order chi connectivity index (χ0) is 19.1. The average molecular weight is 379 g/mol. The first-order valence-corrected chi connectivity index (χ1v) is 10.0. The average Bonchev–Trinajstić information content (AvgIpc) is 3.19. The van der Waals surface area contributed by atoms with Gasteiger partial charge in [0.25, 0.3) is 5.56 Å². The van der Waals surface area contributed by atoms with Gasteiger partial charge in [-0.2, -0.15) is 0 Å². The maximum absolute atomic E-state index is 12.9. The molecule has 5 rings (SSSR count). The SMILES string of the molecule is Cc1cccc2cc(-c3nccn3C3CCOC4(CCOCC4)C3)c(=O)[nH]c12. The van der Waals surface area contributed by atoms with Crippen LogP contribution in [0.1, 0.15) is 37.3 Å². The van der Waals surface area contributed by atoms with Crippen molar-refractivity contribution in [2.75, 3.05) is 19.8 Å². The molecule has 146 valence electrons. The Morgan fingerprint density at radius 2 is 2.11 bits per heavy atom. The number of benzene rings is 1. The number of ether oxygens (including phenoxy) is 2. The number of imidazole rings is 1.